The van der Waals surface area contributed by atoms with Crippen LogP contribution in [0.2, 0.25) is 0 Å². The van der Waals surface area contributed by atoms with E-state index in [-0.39, 0.29) is 12.3 Å². The molecule has 0 aromatic carbocycles. The first-order valence-electron chi connectivity index (χ1n) is 6.17. The molecule has 84 valence electrons. The van der Waals surface area contributed by atoms with E-state index < -0.39 is 12.9 Å². The third-order valence-corrected chi connectivity index (χ3v) is 1.72. The molecule has 5 heteroatoms. The van der Waals surface area contributed by atoms with Gasteiger partial charge < -0.3 is 9.64 Å². The minimum Gasteiger partial charge on any atom is -0.461 e. The molecule has 5 nitrogen and oxygen atoms in total. The predicted molar refractivity (Wildman–Crippen MR) is 56.6 cm³/mol. The van der Waals surface area contributed by atoms with Gasteiger partial charge in [-0.2, -0.15) is 5.10 Å². The summed E-state index contributed by atoms with van der Waals surface area (Å²) in [5.41, 5.74) is 0.466. The maximum Gasteiger partial charge on any atom is 0.356 e. The monoisotopic (exact) mass is 214 g/mol. The van der Waals surface area contributed by atoms with Gasteiger partial charge in [-0.15, -0.1) is 0 Å². The van der Waals surface area contributed by atoms with Gasteiger partial charge in [-0.3, -0.25) is 4.68 Å². The Bertz CT molecular complexity index is 426. The molecule has 0 fully saturated rings. The standard InChI is InChI=1S/C10H17N3O2/c1-5-15-10(14)9-6-8(7-12(2)3)11-13(9)4/h6H,5,7H2,1-4H3/i4D3. The van der Waals surface area contributed by atoms with Crippen molar-refractivity contribution in [2.75, 3.05) is 20.7 Å². The Morgan fingerprint density at radius 2 is 2.47 bits per heavy atom. The summed E-state index contributed by atoms with van der Waals surface area (Å²) in [6, 6.07) is 1.45. The summed E-state index contributed by atoms with van der Waals surface area (Å²) in [5, 5.41) is 3.94. The van der Waals surface area contributed by atoms with Crippen LogP contribution in [0, 0.1) is 0 Å². The van der Waals surface area contributed by atoms with Gasteiger partial charge in [0.25, 0.3) is 0 Å². The van der Waals surface area contributed by atoms with Crippen molar-refractivity contribution in [3.63, 3.8) is 0 Å². The quantitative estimate of drug-likeness (QED) is 0.691. The first-order chi connectivity index (χ1) is 8.25. The average Bonchev–Trinajstić information content (AvgIpc) is 2.60. The Morgan fingerprint density at radius 1 is 1.73 bits per heavy atom. The summed E-state index contributed by atoms with van der Waals surface area (Å²) in [6.07, 6.45) is 0. The van der Waals surface area contributed by atoms with Crippen molar-refractivity contribution >= 4 is 5.97 Å². The number of esters is 1. The molecule has 0 spiro atoms. The second kappa shape index (κ2) is 4.93. The second-order valence-corrected chi connectivity index (χ2v) is 3.39. The molecule has 15 heavy (non-hydrogen) atoms. The Hall–Kier alpha value is -1.36. The topological polar surface area (TPSA) is 47.4 Å². The summed E-state index contributed by atoms with van der Waals surface area (Å²) in [4.78, 5) is 13.5. The lowest BCUT2D eigenvalue weighted by Gasteiger charge is -2.04. The zero-order valence-electron chi connectivity index (χ0n) is 12.1. The molecule has 0 aliphatic carbocycles. The van der Waals surface area contributed by atoms with E-state index in [2.05, 4.69) is 5.10 Å². The van der Waals surface area contributed by atoms with Crippen LogP contribution >= 0.6 is 0 Å². The number of carbonyl (C=O) groups is 1. The van der Waals surface area contributed by atoms with Crippen LogP contribution in [-0.2, 0) is 18.3 Å². The predicted octanol–water partition coefficient (Wildman–Crippen LogP) is 0.658. The summed E-state index contributed by atoms with van der Waals surface area (Å²) in [7, 11) is 3.66. The first-order valence-corrected chi connectivity index (χ1v) is 4.67. The van der Waals surface area contributed by atoms with Crippen LogP contribution in [0.15, 0.2) is 6.07 Å². The highest BCUT2D eigenvalue weighted by molar-refractivity contribution is 5.87. The van der Waals surface area contributed by atoms with E-state index in [4.69, 9.17) is 8.85 Å². The fraction of sp³-hybridized carbons (Fsp3) is 0.600. The third kappa shape index (κ3) is 3.06. The van der Waals surface area contributed by atoms with E-state index in [0.717, 1.165) is 4.68 Å². The van der Waals surface area contributed by atoms with Gasteiger partial charge in [0.2, 0.25) is 0 Å². The van der Waals surface area contributed by atoms with Crippen molar-refractivity contribution < 1.29 is 13.6 Å². The van der Waals surface area contributed by atoms with E-state index >= 15 is 0 Å². The van der Waals surface area contributed by atoms with Gasteiger partial charge in [-0.05, 0) is 27.1 Å². The molecule has 1 aromatic heterocycles. The molecule has 1 heterocycles. The number of nitrogens with zero attached hydrogens (tertiary/aromatic N) is 3. The van der Waals surface area contributed by atoms with Gasteiger partial charge in [-0.1, -0.05) is 0 Å². The van der Waals surface area contributed by atoms with Crippen molar-refractivity contribution in [1.82, 2.24) is 14.7 Å². The third-order valence-electron chi connectivity index (χ3n) is 1.72. The minimum absolute atomic E-state index is 0.0475. The van der Waals surface area contributed by atoms with Gasteiger partial charge >= 0.3 is 5.97 Å². The molecule has 0 saturated carbocycles. The fourth-order valence-corrected chi connectivity index (χ4v) is 1.18. The summed E-state index contributed by atoms with van der Waals surface area (Å²) < 4.78 is 27.6. The van der Waals surface area contributed by atoms with Gasteiger partial charge in [0.15, 0.2) is 0 Å². The highest BCUT2D eigenvalue weighted by Gasteiger charge is 2.14. The molecule has 0 aliphatic heterocycles. The van der Waals surface area contributed by atoms with Crippen molar-refractivity contribution in [1.29, 1.82) is 0 Å². The molecule has 0 radical (unpaired) electrons. The number of ether oxygens (including phenoxy) is 1. The average molecular weight is 214 g/mol. The second-order valence-electron chi connectivity index (χ2n) is 3.39. The highest BCUT2D eigenvalue weighted by Crippen LogP contribution is 2.06. The molecule has 0 amide bonds. The van der Waals surface area contributed by atoms with E-state index in [1.165, 1.54) is 6.07 Å². The number of aromatic nitrogens is 2. The smallest absolute Gasteiger partial charge is 0.356 e. The van der Waals surface area contributed by atoms with Crippen LogP contribution in [0.3, 0.4) is 0 Å². The van der Waals surface area contributed by atoms with Crippen LogP contribution in [0.4, 0.5) is 0 Å². The van der Waals surface area contributed by atoms with Gasteiger partial charge in [0.1, 0.15) is 5.69 Å². The number of hydrogen-bond acceptors (Lipinski definition) is 4. The zero-order valence-corrected chi connectivity index (χ0v) is 9.15. The lowest BCUT2D eigenvalue weighted by molar-refractivity contribution is 0.0513. The molecule has 1 rings (SSSR count). The van der Waals surface area contributed by atoms with E-state index in [1.807, 2.05) is 19.0 Å². The largest absolute Gasteiger partial charge is 0.461 e. The van der Waals surface area contributed by atoms with E-state index in [9.17, 15) is 4.79 Å². The van der Waals surface area contributed by atoms with Gasteiger partial charge in [0.05, 0.1) is 12.3 Å². The fourth-order valence-electron chi connectivity index (χ4n) is 1.18. The van der Waals surface area contributed by atoms with Crippen LogP contribution in [-0.4, -0.2) is 41.4 Å². The lowest BCUT2D eigenvalue weighted by Crippen LogP contribution is -2.11. The van der Waals surface area contributed by atoms with Crippen molar-refractivity contribution in [3.05, 3.63) is 17.5 Å². The first kappa shape index (κ1) is 7.87. The molecule has 0 aliphatic rings. The van der Waals surface area contributed by atoms with Crippen LogP contribution in [0.25, 0.3) is 0 Å². The molecular formula is C10H17N3O2. The molecular weight excluding hydrogens is 194 g/mol. The zero-order chi connectivity index (χ0) is 13.9. The molecule has 1 aromatic rings. The van der Waals surface area contributed by atoms with Gasteiger partial charge in [-0.25, -0.2) is 4.79 Å². The SMILES string of the molecule is [2H]C([2H])([2H])n1nc(CN(C)C)cc1C(=O)OCC. The maximum atomic E-state index is 11.7. The summed E-state index contributed by atoms with van der Waals surface area (Å²) in [5.74, 6) is -0.675. The van der Waals surface area contributed by atoms with E-state index in [0.29, 0.717) is 12.2 Å². The number of rotatable bonds is 4. The molecule has 0 unspecified atom stereocenters. The Kier molecular flexibility index (Phi) is 2.59. The van der Waals surface area contributed by atoms with Crippen LogP contribution in [0.1, 0.15) is 27.2 Å². The summed E-state index contributed by atoms with van der Waals surface area (Å²) in [6.45, 7) is -0.190. The Labute approximate surface area is 93.8 Å². The number of hydrogen-bond donors (Lipinski definition) is 0. The summed E-state index contributed by atoms with van der Waals surface area (Å²) >= 11 is 0. The highest BCUT2D eigenvalue weighted by atomic mass is 16.5. The van der Waals surface area contributed by atoms with Crippen molar-refractivity contribution in [3.8, 4) is 0 Å². The number of carbonyl (C=O) groups excluding carboxylic acids is 1. The van der Waals surface area contributed by atoms with Crippen LogP contribution in [0.5, 0.6) is 0 Å². The van der Waals surface area contributed by atoms with E-state index in [1.54, 1.807) is 6.92 Å². The van der Waals surface area contributed by atoms with Crippen molar-refractivity contribution in [2.24, 2.45) is 6.98 Å². The minimum atomic E-state index is -2.49. The molecule has 0 bridgehead atoms. The maximum absolute atomic E-state index is 11.7. The molecule has 0 atom stereocenters. The Balaban J connectivity index is 3.13. The van der Waals surface area contributed by atoms with Gasteiger partial charge in [0, 0.05) is 17.6 Å². The Morgan fingerprint density at radius 3 is 3.00 bits per heavy atom. The van der Waals surface area contributed by atoms with Crippen LogP contribution < -0.4 is 0 Å². The normalized spacial score (nSPS) is 14.5. The van der Waals surface area contributed by atoms with Crippen molar-refractivity contribution in [2.45, 2.75) is 13.5 Å². The number of aryl methyl sites for hydroxylation is 1. The molecule has 0 saturated heterocycles. The lowest BCUT2D eigenvalue weighted by atomic mass is 10.3. The molecule has 0 N–H and O–H groups in total.